The molecule has 1 aliphatic heterocycles. The van der Waals surface area contributed by atoms with E-state index in [1.807, 2.05) is 18.3 Å². The first-order valence-corrected chi connectivity index (χ1v) is 9.44. The van der Waals surface area contributed by atoms with Gasteiger partial charge in [-0.15, -0.1) is 11.3 Å². The Bertz CT molecular complexity index is 551. The van der Waals surface area contributed by atoms with Crippen LogP contribution in [0.2, 0.25) is 0 Å². The Morgan fingerprint density at radius 2 is 2.04 bits per heavy atom. The van der Waals surface area contributed by atoms with Crippen molar-refractivity contribution in [3.8, 4) is 0 Å². The van der Waals surface area contributed by atoms with E-state index < -0.39 is 0 Å². The molecule has 1 fully saturated rings. The van der Waals surface area contributed by atoms with Gasteiger partial charge in [-0.25, -0.2) is 4.79 Å². The maximum atomic E-state index is 11.7. The number of guanidine groups is 1. The Morgan fingerprint density at radius 1 is 1.33 bits per heavy atom. The van der Waals surface area contributed by atoms with Crippen molar-refractivity contribution in [3.63, 3.8) is 0 Å². The number of nitrogens with one attached hydrogen (secondary N) is 2. The molecule has 134 valence electrons. The molecule has 1 aliphatic rings. The van der Waals surface area contributed by atoms with E-state index >= 15 is 0 Å². The molecule has 2 N–H and O–H groups in total. The van der Waals surface area contributed by atoms with Gasteiger partial charge in [0.1, 0.15) is 0 Å². The number of piperidine rings is 1. The normalized spacial score (nSPS) is 16.1. The van der Waals surface area contributed by atoms with Crippen LogP contribution >= 0.6 is 11.3 Å². The summed E-state index contributed by atoms with van der Waals surface area (Å²) in [6, 6.07) is 4.68. The molecule has 0 saturated carbocycles. The van der Waals surface area contributed by atoms with Crippen molar-refractivity contribution in [2.75, 3.05) is 26.7 Å². The molecule has 0 atom stereocenters. The SMILES string of the molecule is CCOC(=O)N1CCC(NC(=NC)NCc2ccc(CC)s2)CC1. The molecule has 1 amide bonds. The molecule has 24 heavy (non-hydrogen) atoms. The monoisotopic (exact) mass is 352 g/mol. The molecule has 1 aromatic rings. The topological polar surface area (TPSA) is 66.0 Å². The van der Waals surface area contributed by atoms with Gasteiger partial charge in [-0.3, -0.25) is 4.99 Å². The second-order valence-corrected chi connectivity index (χ2v) is 7.00. The molecular weight excluding hydrogens is 324 g/mol. The fraction of sp³-hybridized carbons (Fsp3) is 0.647. The highest BCUT2D eigenvalue weighted by molar-refractivity contribution is 7.11. The fourth-order valence-corrected chi connectivity index (χ4v) is 3.58. The molecule has 1 saturated heterocycles. The van der Waals surface area contributed by atoms with Crippen molar-refractivity contribution in [2.45, 2.75) is 45.7 Å². The Kier molecular flexibility index (Phi) is 7.36. The highest BCUT2D eigenvalue weighted by Gasteiger charge is 2.23. The minimum absolute atomic E-state index is 0.206. The molecule has 6 nitrogen and oxygen atoms in total. The lowest BCUT2D eigenvalue weighted by Crippen LogP contribution is -2.49. The lowest BCUT2D eigenvalue weighted by atomic mass is 10.1. The van der Waals surface area contributed by atoms with Crippen LogP contribution in [0.1, 0.15) is 36.4 Å². The van der Waals surface area contributed by atoms with Gasteiger partial charge in [0.05, 0.1) is 13.2 Å². The number of hydrogen-bond acceptors (Lipinski definition) is 4. The van der Waals surface area contributed by atoms with Gasteiger partial charge >= 0.3 is 6.09 Å². The molecule has 0 bridgehead atoms. The van der Waals surface area contributed by atoms with Crippen molar-refractivity contribution in [1.29, 1.82) is 0 Å². The van der Waals surface area contributed by atoms with E-state index in [2.05, 4.69) is 34.7 Å². The Balaban J connectivity index is 1.74. The second kappa shape index (κ2) is 9.52. The molecular formula is C17H28N4O2S. The van der Waals surface area contributed by atoms with Crippen molar-refractivity contribution >= 4 is 23.4 Å². The number of likely N-dealkylation sites (tertiary alicyclic amines) is 1. The van der Waals surface area contributed by atoms with Crippen LogP contribution in [0.15, 0.2) is 17.1 Å². The average Bonchev–Trinajstić information content (AvgIpc) is 3.07. The first kappa shape index (κ1) is 18.6. The molecule has 2 heterocycles. The minimum Gasteiger partial charge on any atom is -0.450 e. The summed E-state index contributed by atoms with van der Waals surface area (Å²) in [6.07, 6.45) is 2.68. The molecule has 1 aromatic heterocycles. The van der Waals surface area contributed by atoms with Crippen molar-refractivity contribution in [3.05, 3.63) is 21.9 Å². The van der Waals surface area contributed by atoms with Crippen LogP contribution in [0.5, 0.6) is 0 Å². The average molecular weight is 353 g/mol. The van der Waals surface area contributed by atoms with Crippen molar-refractivity contribution < 1.29 is 9.53 Å². The van der Waals surface area contributed by atoms with E-state index in [-0.39, 0.29) is 6.09 Å². The fourth-order valence-electron chi connectivity index (χ4n) is 2.69. The van der Waals surface area contributed by atoms with Crippen LogP contribution in [0.3, 0.4) is 0 Å². The standard InChI is InChI=1S/C17H28N4O2S/c1-4-14-6-7-15(24-14)12-19-16(18-3)20-13-8-10-21(11-9-13)17(22)23-5-2/h6-7,13H,4-5,8-12H2,1-3H3,(H2,18,19,20). The zero-order valence-electron chi connectivity index (χ0n) is 14.8. The van der Waals surface area contributed by atoms with Gasteiger partial charge in [0.25, 0.3) is 0 Å². The third kappa shape index (κ3) is 5.40. The van der Waals surface area contributed by atoms with Crippen LogP contribution in [0, 0.1) is 0 Å². The predicted molar refractivity (Wildman–Crippen MR) is 98.6 cm³/mol. The number of carbonyl (C=O) groups excluding carboxylic acids is 1. The van der Waals surface area contributed by atoms with Crippen LogP contribution in [-0.2, 0) is 17.7 Å². The van der Waals surface area contributed by atoms with Gasteiger partial charge in [-0.1, -0.05) is 6.92 Å². The van der Waals surface area contributed by atoms with E-state index in [4.69, 9.17) is 4.74 Å². The van der Waals surface area contributed by atoms with Crippen LogP contribution in [0.4, 0.5) is 4.79 Å². The van der Waals surface area contributed by atoms with E-state index in [1.165, 1.54) is 9.75 Å². The van der Waals surface area contributed by atoms with Gasteiger partial charge in [0.2, 0.25) is 0 Å². The third-order valence-corrected chi connectivity index (χ3v) is 5.31. The van der Waals surface area contributed by atoms with Crippen LogP contribution in [-0.4, -0.2) is 49.7 Å². The smallest absolute Gasteiger partial charge is 0.409 e. The number of carbonyl (C=O) groups is 1. The number of aryl methyl sites for hydroxylation is 1. The molecule has 0 spiro atoms. The van der Waals surface area contributed by atoms with E-state index in [0.717, 1.165) is 44.9 Å². The third-order valence-electron chi connectivity index (χ3n) is 4.08. The first-order valence-electron chi connectivity index (χ1n) is 8.62. The summed E-state index contributed by atoms with van der Waals surface area (Å²) in [5, 5.41) is 6.82. The molecule has 0 aromatic carbocycles. The summed E-state index contributed by atoms with van der Waals surface area (Å²) < 4.78 is 5.05. The van der Waals surface area contributed by atoms with Gasteiger partial charge in [-0.2, -0.15) is 0 Å². The summed E-state index contributed by atoms with van der Waals surface area (Å²) in [7, 11) is 1.79. The number of thiophene rings is 1. The lowest BCUT2D eigenvalue weighted by molar-refractivity contribution is 0.0963. The van der Waals surface area contributed by atoms with Gasteiger partial charge < -0.3 is 20.3 Å². The molecule has 7 heteroatoms. The second-order valence-electron chi connectivity index (χ2n) is 5.75. The summed E-state index contributed by atoms with van der Waals surface area (Å²) in [5.74, 6) is 0.816. The molecule has 0 aliphatic carbocycles. The van der Waals surface area contributed by atoms with E-state index in [0.29, 0.717) is 12.6 Å². The van der Waals surface area contributed by atoms with E-state index in [9.17, 15) is 4.79 Å². The summed E-state index contributed by atoms with van der Waals surface area (Å²) in [5.41, 5.74) is 0. The molecule has 0 unspecified atom stereocenters. The maximum absolute atomic E-state index is 11.7. The Morgan fingerprint density at radius 3 is 2.62 bits per heavy atom. The molecule has 0 radical (unpaired) electrons. The number of ether oxygens (including phenoxy) is 1. The Labute approximate surface area is 148 Å². The number of nitrogens with zero attached hydrogens (tertiary/aromatic N) is 2. The number of hydrogen-bond donors (Lipinski definition) is 2. The Hall–Kier alpha value is -1.76. The lowest BCUT2D eigenvalue weighted by Gasteiger charge is -2.32. The quantitative estimate of drug-likeness (QED) is 0.631. The highest BCUT2D eigenvalue weighted by atomic mass is 32.1. The summed E-state index contributed by atoms with van der Waals surface area (Å²) in [4.78, 5) is 20.5. The molecule has 2 rings (SSSR count). The van der Waals surface area contributed by atoms with Gasteiger partial charge in [-0.05, 0) is 38.3 Å². The minimum atomic E-state index is -0.206. The first-order chi connectivity index (χ1) is 11.7. The maximum Gasteiger partial charge on any atom is 0.409 e. The van der Waals surface area contributed by atoms with Crippen molar-refractivity contribution in [2.24, 2.45) is 4.99 Å². The van der Waals surface area contributed by atoms with Gasteiger partial charge in [0, 0.05) is 35.9 Å². The largest absolute Gasteiger partial charge is 0.450 e. The van der Waals surface area contributed by atoms with Gasteiger partial charge in [0.15, 0.2) is 5.96 Å². The van der Waals surface area contributed by atoms with Crippen LogP contribution < -0.4 is 10.6 Å². The number of aliphatic imine (C=N–C) groups is 1. The number of amides is 1. The predicted octanol–water partition coefficient (Wildman–Crippen LogP) is 2.60. The van der Waals surface area contributed by atoms with Crippen LogP contribution in [0.25, 0.3) is 0 Å². The van der Waals surface area contributed by atoms with Crippen molar-refractivity contribution in [1.82, 2.24) is 15.5 Å². The summed E-state index contributed by atoms with van der Waals surface area (Å²) in [6.45, 7) is 6.66. The van der Waals surface area contributed by atoms with E-state index in [1.54, 1.807) is 11.9 Å². The highest BCUT2D eigenvalue weighted by Crippen LogP contribution is 2.16. The zero-order chi connectivity index (χ0) is 17.4. The zero-order valence-corrected chi connectivity index (χ0v) is 15.6. The summed E-state index contributed by atoms with van der Waals surface area (Å²) >= 11 is 1.84. The number of rotatable bonds is 5.